The Kier molecular flexibility index (Phi) is 4.65. The molecule has 0 unspecified atom stereocenters. The van der Waals surface area contributed by atoms with Gasteiger partial charge in [-0.05, 0) is 39.0 Å². The average molecular weight is 338 g/mol. The van der Waals surface area contributed by atoms with Crippen LogP contribution in [-0.2, 0) is 13.6 Å². The van der Waals surface area contributed by atoms with Gasteiger partial charge in [-0.2, -0.15) is 5.10 Å². The first-order valence-corrected chi connectivity index (χ1v) is 8.27. The summed E-state index contributed by atoms with van der Waals surface area (Å²) >= 11 is 0. The Morgan fingerprint density at radius 3 is 2.72 bits per heavy atom. The molecule has 1 aromatic carbocycles. The highest BCUT2D eigenvalue weighted by Crippen LogP contribution is 2.20. The van der Waals surface area contributed by atoms with Gasteiger partial charge in [0, 0.05) is 42.3 Å². The van der Waals surface area contributed by atoms with Crippen LogP contribution in [0.1, 0.15) is 34.2 Å². The molecule has 7 heteroatoms. The fourth-order valence-corrected chi connectivity index (χ4v) is 2.85. The predicted molar refractivity (Wildman–Crippen MR) is 97.6 cm³/mol. The second-order valence-corrected chi connectivity index (χ2v) is 5.94. The summed E-state index contributed by atoms with van der Waals surface area (Å²) in [4.78, 5) is 21.0. The zero-order valence-corrected chi connectivity index (χ0v) is 14.9. The van der Waals surface area contributed by atoms with E-state index in [1.54, 1.807) is 12.1 Å². The van der Waals surface area contributed by atoms with Crippen LogP contribution < -0.4 is 10.6 Å². The number of nitrogens with one attached hydrogen (secondary N) is 2. The van der Waals surface area contributed by atoms with Crippen LogP contribution in [-0.4, -0.2) is 32.2 Å². The standard InChI is InChI=1S/C18H22N6O/c1-5-19-17-14-7-6-13(8-16(14)21-10-22-17)18(25)20-9-15-11(2)23-24(4)12(15)3/h6-8,10H,5,9H2,1-4H3,(H,20,25)(H,19,21,22). The van der Waals surface area contributed by atoms with Crippen LogP contribution in [0.5, 0.6) is 0 Å². The van der Waals surface area contributed by atoms with Gasteiger partial charge in [0.2, 0.25) is 0 Å². The minimum absolute atomic E-state index is 0.131. The molecule has 0 atom stereocenters. The third-order valence-electron chi connectivity index (χ3n) is 4.33. The molecule has 0 saturated carbocycles. The van der Waals surface area contributed by atoms with Crippen LogP contribution in [0.15, 0.2) is 24.5 Å². The van der Waals surface area contributed by atoms with Gasteiger partial charge in [0.05, 0.1) is 11.2 Å². The minimum atomic E-state index is -0.131. The molecule has 0 bridgehead atoms. The fraction of sp³-hybridized carbons (Fsp3) is 0.333. The SMILES string of the molecule is CCNc1ncnc2cc(C(=O)NCc3c(C)nn(C)c3C)ccc12. The number of fused-ring (bicyclic) bond motifs is 1. The average Bonchev–Trinajstić information content (AvgIpc) is 2.85. The summed E-state index contributed by atoms with van der Waals surface area (Å²) in [6.45, 7) is 7.19. The quantitative estimate of drug-likeness (QED) is 0.746. The van der Waals surface area contributed by atoms with Gasteiger partial charge in [-0.1, -0.05) is 0 Å². The maximum Gasteiger partial charge on any atom is 0.251 e. The fourth-order valence-electron chi connectivity index (χ4n) is 2.85. The van der Waals surface area contributed by atoms with Gasteiger partial charge in [-0.25, -0.2) is 9.97 Å². The maximum atomic E-state index is 12.5. The van der Waals surface area contributed by atoms with Gasteiger partial charge in [0.25, 0.3) is 5.91 Å². The largest absolute Gasteiger partial charge is 0.370 e. The molecule has 3 aromatic rings. The summed E-state index contributed by atoms with van der Waals surface area (Å²) in [6, 6.07) is 5.46. The van der Waals surface area contributed by atoms with Gasteiger partial charge in [-0.3, -0.25) is 9.48 Å². The molecular formula is C18H22N6O. The Balaban J connectivity index is 1.80. The predicted octanol–water partition coefficient (Wildman–Crippen LogP) is 2.34. The molecule has 0 radical (unpaired) electrons. The van der Waals surface area contributed by atoms with Gasteiger partial charge >= 0.3 is 0 Å². The van der Waals surface area contributed by atoms with Crippen LogP contribution in [0, 0.1) is 13.8 Å². The van der Waals surface area contributed by atoms with Crippen LogP contribution in [0.4, 0.5) is 5.82 Å². The monoisotopic (exact) mass is 338 g/mol. The molecule has 2 N–H and O–H groups in total. The van der Waals surface area contributed by atoms with Gasteiger partial charge < -0.3 is 10.6 Å². The second kappa shape index (κ2) is 6.88. The Bertz CT molecular complexity index is 931. The molecule has 0 spiro atoms. The van der Waals surface area contributed by atoms with E-state index in [9.17, 15) is 4.79 Å². The van der Waals surface area contributed by atoms with Gasteiger partial charge in [-0.15, -0.1) is 0 Å². The van der Waals surface area contributed by atoms with Gasteiger partial charge in [0.1, 0.15) is 12.1 Å². The Morgan fingerprint density at radius 1 is 1.24 bits per heavy atom. The van der Waals surface area contributed by atoms with E-state index < -0.39 is 0 Å². The van der Waals surface area contributed by atoms with Crippen molar-refractivity contribution in [3.8, 4) is 0 Å². The maximum absolute atomic E-state index is 12.5. The third kappa shape index (κ3) is 3.31. The zero-order chi connectivity index (χ0) is 18.0. The number of amides is 1. The van der Waals surface area contributed by atoms with Crippen molar-refractivity contribution in [1.82, 2.24) is 25.1 Å². The number of nitrogens with zero attached hydrogens (tertiary/aromatic N) is 4. The summed E-state index contributed by atoms with van der Waals surface area (Å²) in [5.41, 5.74) is 4.36. The van der Waals surface area contributed by atoms with E-state index in [0.29, 0.717) is 12.1 Å². The molecule has 0 aliphatic heterocycles. The number of carbonyl (C=O) groups excluding carboxylic acids is 1. The summed E-state index contributed by atoms with van der Waals surface area (Å²) in [6.07, 6.45) is 1.50. The summed E-state index contributed by atoms with van der Waals surface area (Å²) in [5, 5.41) is 11.4. The van der Waals surface area contributed by atoms with E-state index in [0.717, 1.165) is 40.2 Å². The van der Waals surface area contributed by atoms with Crippen molar-refractivity contribution in [2.24, 2.45) is 7.05 Å². The number of carbonyl (C=O) groups is 1. The Hall–Kier alpha value is -2.96. The lowest BCUT2D eigenvalue weighted by Gasteiger charge is -2.09. The molecule has 0 fully saturated rings. The highest BCUT2D eigenvalue weighted by molar-refractivity contribution is 5.99. The molecule has 130 valence electrons. The van der Waals surface area contributed by atoms with Crippen molar-refractivity contribution in [2.45, 2.75) is 27.3 Å². The van der Waals surface area contributed by atoms with Crippen LogP contribution in [0.25, 0.3) is 10.9 Å². The van der Waals surface area contributed by atoms with Crippen LogP contribution in [0.3, 0.4) is 0 Å². The van der Waals surface area contributed by atoms with E-state index in [1.807, 2.05) is 38.6 Å². The number of hydrogen-bond acceptors (Lipinski definition) is 5. The molecule has 3 rings (SSSR count). The highest BCUT2D eigenvalue weighted by Gasteiger charge is 2.13. The van der Waals surface area contributed by atoms with E-state index in [-0.39, 0.29) is 5.91 Å². The molecule has 2 aromatic heterocycles. The molecule has 25 heavy (non-hydrogen) atoms. The third-order valence-corrected chi connectivity index (χ3v) is 4.33. The smallest absolute Gasteiger partial charge is 0.251 e. The van der Waals surface area contributed by atoms with Crippen molar-refractivity contribution >= 4 is 22.6 Å². The van der Waals surface area contributed by atoms with E-state index in [4.69, 9.17) is 0 Å². The normalized spacial score (nSPS) is 10.9. The molecule has 0 aliphatic carbocycles. The molecule has 0 aliphatic rings. The first kappa shape index (κ1) is 16.9. The number of hydrogen-bond donors (Lipinski definition) is 2. The summed E-state index contributed by atoms with van der Waals surface area (Å²) in [7, 11) is 1.90. The lowest BCUT2D eigenvalue weighted by molar-refractivity contribution is 0.0951. The minimum Gasteiger partial charge on any atom is -0.370 e. The van der Waals surface area contributed by atoms with E-state index in [1.165, 1.54) is 6.33 Å². The second-order valence-electron chi connectivity index (χ2n) is 5.94. The molecule has 2 heterocycles. The first-order chi connectivity index (χ1) is 12.0. The lowest BCUT2D eigenvalue weighted by Crippen LogP contribution is -2.23. The topological polar surface area (TPSA) is 84.7 Å². The Labute approximate surface area is 146 Å². The van der Waals surface area contributed by atoms with Gasteiger partial charge in [0.15, 0.2) is 0 Å². The van der Waals surface area contributed by atoms with Crippen molar-refractivity contribution in [3.63, 3.8) is 0 Å². The van der Waals surface area contributed by atoms with Crippen LogP contribution >= 0.6 is 0 Å². The number of aromatic nitrogens is 4. The van der Waals surface area contributed by atoms with Crippen molar-refractivity contribution < 1.29 is 4.79 Å². The zero-order valence-electron chi connectivity index (χ0n) is 14.9. The van der Waals surface area contributed by atoms with Crippen molar-refractivity contribution in [1.29, 1.82) is 0 Å². The van der Waals surface area contributed by atoms with Crippen molar-refractivity contribution in [2.75, 3.05) is 11.9 Å². The number of aryl methyl sites for hydroxylation is 2. The summed E-state index contributed by atoms with van der Waals surface area (Å²) in [5.74, 6) is 0.647. The lowest BCUT2D eigenvalue weighted by atomic mass is 10.1. The molecule has 0 saturated heterocycles. The summed E-state index contributed by atoms with van der Waals surface area (Å²) < 4.78 is 1.83. The van der Waals surface area contributed by atoms with E-state index >= 15 is 0 Å². The van der Waals surface area contributed by atoms with Crippen LogP contribution in [0.2, 0.25) is 0 Å². The molecule has 1 amide bonds. The number of rotatable bonds is 5. The first-order valence-electron chi connectivity index (χ1n) is 8.27. The molecule has 7 nitrogen and oxygen atoms in total. The number of benzene rings is 1. The van der Waals surface area contributed by atoms with Crippen molar-refractivity contribution in [3.05, 3.63) is 47.0 Å². The highest BCUT2D eigenvalue weighted by atomic mass is 16.1. The van der Waals surface area contributed by atoms with E-state index in [2.05, 4.69) is 25.7 Å². The Morgan fingerprint density at radius 2 is 2.04 bits per heavy atom. The molecular weight excluding hydrogens is 316 g/mol. The number of anilines is 1.